The predicted octanol–water partition coefficient (Wildman–Crippen LogP) is 3.77. The zero-order valence-electron chi connectivity index (χ0n) is 16.0. The van der Waals surface area contributed by atoms with Crippen molar-refractivity contribution >= 4 is 11.9 Å². The molecule has 2 aromatic rings. The summed E-state index contributed by atoms with van der Waals surface area (Å²) in [5.41, 5.74) is 6.33. The number of hydrogen-bond acceptors (Lipinski definition) is 2. The number of carbonyl (C=O) groups is 2. The van der Waals surface area contributed by atoms with Gasteiger partial charge in [0.15, 0.2) is 0 Å². The minimum Gasteiger partial charge on any atom is -0.477 e. The Morgan fingerprint density at radius 3 is 1.19 bits per heavy atom. The van der Waals surface area contributed by atoms with E-state index in [-0.39, 0.29) is 11.4 Å². The Labute approximate surface area is 153 Å². The molecule has 26 heavy (non-hydrogen) atoms. The summed E-state index contributed by atoms with van der Waals surface area (Å²) in [6, 6.07) is 0. The van der Waals surface area contributed by atoms with Gasteiger partial charge in [-0.05, 0) is 60.8 Å². The number of aromatic carboxylic acids is 2. The Balaban J connectivity index is 2.37. The minimum absolute atomic E-state index is 0.280. The molecule has 0 fully saturated rings. The van der Waals surface area contributed by atoms with Crippen molar-refractivity contribution in [2.75, 3.05) is 0 Å². The summed E-state index contributed by atoms with van der Waals surface area (Å²) in [7, 11) is 0. The number of carboxylic acid groups (broad SMARTS) is 2. The first kappa shape index (κ1) is 19.8. The summed E-state index contributed by atoms with van der Waals surface area (Å²) in [5, 5.41) is 18.9. The summed E-state index contributed by atoms with van der Waals surface area (Å²) in [6.07, 6.45) is 4.20. The number of carboxylic acids is 2. The lowest BCUT2D eigenvalue weighted by atomic mass is 9.98. The number of hydrogen-bond donors (Lipinski definition) is 4. The third-order valence-electron chi connectivity index (χ3n) is 5.08. The number of aryl methyl sites for hydroxylation is 2. The van der Waals surface area contributed by atoms with Gasteiger partial charge in [-0.1, -0.05) is 27.7 Å². The topological polar surface area (TPSA) is 106 Å². The Morgan fingerprint density at radius 1 is 0.654 bits per heavy atom. The molecular formula is C20H28N2O4. The molecule has 4 N–H and O–H groups in total. The van der Waals surface area contributed by atoms with Crippen LogP contribution in [0.4, 0.5) is 0 Å². The molecule has 0 amide bonds. The van der Waals surface area contributed by atoms with E-state index >= 15 is 0 Å². The maximum Gasteiger partial charge on any atom is 0.352 e. The van der Waals surface area contributed by atoms with Crippen LogP contribution in [0.15, 0.2) is 0 Å². The van der Waals surface area contributed by atoms with E-state index in [2.05, 4.69) is 9.97 Å². The van der Waals surface area contributed by atoms with Gasteiger partial charge in [0.25, 0.3) is 0 Å². The number of aromatic amines is 2. The minimum atomic E-state index is -0.932. The van der Waals surface area contributed by atoms with Crippen molar-refractivity contribution in [3.63, 3.8) is 0 Å². The first-order valence-electron chi connectivity index (χ1n) is 9.31. The molecule has 6 heteroatoms. The lowest BCUT2D eigenvalue weighted by Crippen LogP contribution is -2.01. The maximum atomic E-state index is 11.5. The van der Waals surface area contributed by atoms with Gasteiger partial charge in [-0.2, -0.15) is 0 Å². The van der Waals surface area contributed by atoms with Crippen LogP contribution in [0.2, 0.25) is 0 Å². The van der Waals surface area contributed by atoms with Gasteiger partial charge in [0.1, 0.15) is 11.4 Å². The Kier molecular flexibility index (Phi) is 6.29. The Morgan fingerprint density at radius 2 is 0.962 bits per heavy atom. The average molecular weight is 360 g/mol. The summed E-state index contributed by atoms with van der Waals surface area (Å²) in [6.45, 7) is 7.99. The van der Waals surface area contributed by atoms with Crippen molar-refractivity contribution in [2.45, 2.75) is 66.2 Å². The van der Waals surface area contributed by atoms with E-state index in [1.165, 1.54) is 0 Å². The van der Waals surface area contributed by atoms with Crippen LogP contribution in [0.5, 0.6) is 0 Å². The fourth-order valence-corrected chi connectivity index (χ4v) is 3.95. The van der Waals surface area contributed by atoms with Crippen molar-refractivity contribution in [3.05, 3.63) is 45.0 Å². The van der Waals surface area contributed by atoms with E-state index in [1.807, 2.05) is 27.7 Å². The van der Waals surface area contributed by atoms with Crippen LogP contribution in [-0.4, -0.2) is 32.1 Å². The van der Waals surface area contributed by atoms with Gasteiger partial charge in [0.05, 0.1) is 0 Å². The molecule has 0 radical (unpaired) electrons. The smallest absolute Gasteiger partial charge is 0.352 e. The molecule has 0 aromatic carbocycles. The van der Waals surface area contributed by atoms with Gasteiger partial charge >= 0.3 is 11.9 Å². The molecule has 6 nitrogen and oxygen atoms in total. The molecule has 2 aromatic heterocycles. The van der Waals surface area contributed by atoms with Gasteiger partial charge in [0, 0.05) is 11.4 Å². The molecule has 0 aliphatic carbocycles. The molecule has 0 aliphatic heterocycles. The van der Waals surface area contributed by atoms with Gasteiger partial charge < -0.3 is 20.2 Å². The van der Waals surface area contributed by atoms with Crippen molar-refractivity contribution in [1.82, 2.24) is 9.97 Å². The number of aromatic nitrogens is 2. The van der Waals surface area contributed by atoms with Crippen molar-refractivity contribution in [3.8, 4) is 0 Å². The van der Waals surface area contributed by atoms with E-state index < -0.39 is 11.9 Å². The van der Waals surface area contributed by atoms with Crippen molar-refractivity contribution in [1.29, 1.82) is 0 Å². The fraction of sp³-hybridized carbons (Fsp3) is 0.500. The SMILES string of the molecule is CCc1c(CCc2[nH]c(C(=O)O)c(CC)c2CC)[nH]c(C(=O)O)c1CC. The zero-order valence-corrected chi connectivity index (χ0v) is 16.0. The van der Waals surface area contributed by atoms with E-state index in [0.717, 1.165) is 46.5 Å². The predicted molar refractivity (Wildman–Crippen MR) is 100 cm³/mol. The molecule has 0 unspecified atom stereocenters. The highest BCUT2D eigenvalue weighted by atomic mass is 16.4. The highest BCUT2D eigenvalue weighted by molar-refractivity contribution is 5.88. The molecule has 0 atom stereocenters. The van der Waals surface area contributed by atoms with Crippen LogP contribution in [0.25, 0.3) is 0 Å². The Bertz CT molecular complexity index is 746. The number of nitrogens with one attached hydrogen (secondary N) is 2. The Hall–Kier alpha value is -2.50. The maximum absolute atomic E-state index is 11.5. The molecule has 0 bridgehead atoms. The van der Waals surface area contributed by atoms with Crippen molar-refractivity contribution < 1.29 is 19.8 Å². The van der Waals surface area contributed by atoms with Crippen LogP contribution in [0, 0.1) is 0 Å². The second kappa shape index (κ2) is 8.25. The first-order chi connectivity index (χ1) is 12.4. The van der Waals surface area contributed by atoms with Gasteiger partial charge in [-0.15, -0.1) is 0 Å². The zero-order chi connectivity index (χ0) is 19.4. The van der Waals surface area contributed by atoms with E-state index in [0.29, 0.717) is 25.7 Å². The van der Waals surface area contributed by atoms with Crippen LogP contribution in [0.3, 0.4) is 0 Å². The molecule has 0 spiro atoms. The van der Waals surface area contributed by atoms with E-state index in [1.54, 1.807) is 0 Å². The molecule has 142 valence electrons. The lowest BCUT2D eigenvalue weighted by Gasteiger charge is -2.06. The monoisotopic (exact) mass is 360 g/mol. The third-order valence-corrected chi connectivity index (χ3v) is 5.08. The van der Waals surface area contributed by atoms with E-state index in [4.69, 9.17) is 0 Å². The summed E-state index contributed by atoms with van der Waals surface area (Å²) in [4.78, 5) is 29.2. The largest absolute Gasteiger partial charge is 0.477 e. The lowest BCUT2D eigenvalue weighted by molar-refractivity contribution is 0.0679. The molecule has 0 aliphatic rings. The summed E-state index contributed by atoms with van der Waals surface area (Å²) in [5.74, 6) is -1.86. The highest BCUT2D eigenvalue weighted by Crippen LogP contribution is 2.25. The molecule has 2 rings (SSSR count). The normalized spacial score (nSPS) is 11.1. The number of H-pyrrole nitrogens is 2. The standard InChI is InChI=1S/C20H28N2O4/c1-5-11-13(7-3)17(19(23)24)21-15(11)9-10-16-12(6-2)14(8-4)18(22-16)20(25)26/h21-22H,5-10H2,1-4H3,(H,23,24)(H,25,26). The highest BCUT2D eigenvalue weighted by Gasteiger charge is 2.22. The van der Waals surface area contributed by atoms with Crippen LogP contribution >= 0.6 is 0 Å². The molecule has 2 heterocycles. The van der Waals surface area contributed by atoms with Crippen LogP contribution in [0.1, 0.15) is 82.3 Å². The van der Waals surface area contributed by atoms with Crippen molar-refractivity contribution in [2.24, 2.45) is 0 Å². The molecular weight excluding hydrogens is 332 g/mol. The second-order valence-electron chi connectivity index (χ2n) is 6.40. The van der Waals surface area contributed by atoms with Crippen LogP contribution < -0.4 is 0 Å². The van der Waals surface area contributed by atoms with Gasteiger partial charge in [0.2, 0.25) is 0 Å². The fourth-order valence-electron chi connectivity index (χ4n) is 3.95. The van der Waals surface area contributed by atoms with Gasteiger partial charge in [-0.3, -0.25) is 0 Å². The first-order valence-corrected chi connectivity index (χ1v) is 9.31. The summed E-state index contributed by atoms with van der Waals surface area (Å²) < 4.78 is 0. The third kappa shape index (κ3) is 3.54. The summed E-state index contributed by atoms with van der Waals surface area (Å²) >= 11 is 0. The second-order valence-corrected chi connectivity index (χ2v) is 6.40. The van der Waals surface area contributed by atoms with Crippen LogP contribution in [-0.2, 0) is 38.5 Å². The van der Waals surface area contributed by atoms with E-state index in [9.17, 15) is 19.8 Å². The average Bonchev–Trinajstić information content (AvgIpc) is 3.16. The van der Waals surface area contributed by atoms with Gasteiger partial charge in [-0.25, -0.2) is 9.59 Å². The molecule has 0 saturated carbocycles. The quantitative estimate of drug-likeness (QED) is 0.546. The number of rotatable bonds is 9. The molecule has 0 saturated heterocycles.